The van der Waals surface area contributed by atoms with Gasteiger partial charge in [0.05, 0.1) is 30.1 Å². The van der Waals surface area contributed by atoms with Crippen molar-refractivity contribution >= 4 is 50.2 Å². The minimum absolute atomic E-state index is 0.163. The molecule has 2 amide bonds. The van der Waals surface area contributed by atoms with Crippen molar-refractivity contribution in [1.82, 2.24) is 34.6 Å². The lowest BCUT2D eigenvalue weighted by Gasteiger charge is -2.28. The van der Waals surface area contributed by atoms with Crippen LogP contribution in [0.5, 0.6) is 0 Å². The number of hydrogen-bond donors (Lipinski definition) is 1. The molecule has 1 N–H and O–H groups in total. The third-order valence-corrected chi connectivity index (χ3v) is 8.07. The number of carbonyl (C=O) groups is 3. The number of pyridine rings is 2. The molecule has 44 heavy (non-hydrogen) atoms. The van der Waals surface area contributed by atoms with E-state index in [1.165, 1.54) is 16.5 Å². The Hall–Kier alpha value is -4.57. The molecule has 1 aliphatic rings. The number of aromatic nitrogens is 6. The zero-order chi connectivity index (χ0) is 31.5. The number of terminal acetylenes is 1. The summed E-state index contributed by atoms with van der Waals surface area (Å²) in [4.78, 5) is 58.8. The van der Waals surface area contributed by atoms with Gasteiger partial charge >= 0.3 is 0 Å². The monoisotopic (exact) mass is 660 g/mol. The Kier molecular flexibility index (Phi) is 9.10. The van der Waals surface area contributed by atoms with Crippen LogP contribution in [0.2, 0.25) is 0 Å². The summed E-state index contributed by atoms with van der Waals surface area (Å²) in [6.07, 6.45) is 11.7. The maximum absolute atomic E-state index is 13.9. The molecule has 0 aliphatic carbocycles. The summed E-state index contributed by atoms with van der Waals surface area (Å²) in [5, 5.41) is 7.82. The fraction of sp³-hybridized carbons (Fsp3) is 0.355. The molecule has 0 spiro atoms. The molecule has 3 atom stereocenters. The number of rotatable bonds is 9. The number of carbonyl (C=O) groups excluding carboxylic acids is 3. The molecule has 1 aliphatic heterocycles. The van der Waals surface area contributed by atoms with Gasteiger partial charge in [-0.3, -0.25) is 28.4 Å². The van der Waals surface area contributed by atoms with Gasteiger partial charge in [0.1, 0.15) is 34.5 Å². The fourth-order valence-electron chi connectivity index (χ4n) is 5.45. The Balaban J connectivity index is 1.44. The highest BCUT2D eigenvalue weighted by Gasteiger charge is 2.44. The second-order valence-corrected chi connectivity index (χ2v) is 11.5. The Labute approximate surface area is 261 Å². The number of nitrogens with zero attached hydrogens (tertiary/aromatic N) is 7. The van der Waals surface area contributed by atoms with Crippen molar-refractivity contribution in [3.63, 3.8) is 0 Å². The molecular weight excluding hydrogens is 631 g/mol. The topological polar surface area (TPSA) is 136 Å². The van der Waals surface area contributed by atoms with Crippen LogP contribution in [0.15, 0.2) is 41.4 Å². The number of nitrogens with one attached hydrogen (secondary N) is 1. The number of Topliss-reactive ketones (excluding diaryl/α,β-unsaturated/α-hetero) is 1. The molecule has 0 bridgehead atoms. The first-order valence-electron chi connectivity index (χ1n) is 14.1. The van der Waals surface area contributed by atoms with E-state index in [1.54, 1.807) is 43.7 Å². The lowest BCUT2D eigenvalue weighted by Crippen LogP contribution is -2.48. The summed E-state index contributed by atoms with van der Waals surface area (Å²) in [7, 11) is 0. The van der Waals surface area contributed by atoms with Crippen molar-refractivity contribution in [2.45, 2.75) is 58.7 Å². The largest absolute Gasteiger partial charge is 0.315 e. The lowest BCUT2D eigenvalue weighted by molar-refractivity contribution is -0.138. The molecule has 5 heterocycles. The van der Waals surface area contributed by atoms with Crippen LogP contribution in [0.3, 0.4) is 0 Å². The van der Waals surface area contributed by atoms with Gasteiger partial charge in [-0.15, -0.1) is 6.42 Å². The first kappa shape index (κ1) is 30.9. The number of likely N-dealkylation sites (tertiary alicyclic amines) is 1. The van der Waals surface area contributed by atoms with Gasteiger partial charge < -0.3 is 10.2 Å². The van der Waals surface area contributed by atoms with Crippen molar-refractivity contribution < 1.29 is 18.8 Å². The van der Waals surface area contributed by atoms with Gasteiger partial charge in [0.25, 0.3) is 0 Å². The van der Waals surface area contributed by atoms with Crippen molar-refractivity contribution in [3.8, 4) is 23.6 Å². The molecular formula is C31H30BrFN8O3. The van der Waals surface area contributed by atoms with Crippen LogP contribution in [0, 0.1) is 25.2 Å². The summed E-state index contributed by atoms with van der Waals surface area (Å²) in [6.45, 7) is 4.29. The Morgan fingerprint density at radius 1 is 1.18 bits per heavy atom. The lowest BCUT2D eigenvalue weighted by atomic mass is 10.0. The SMILES string of the molecule is C#C[C@@H]1[C@@H](C)C[C@@H](C(=O)Nc2nc(Br)ccc2CCCF)N1C(=O)Cn1nc(C(C)=O)c2cc(-c3cnc(C)nc3)ncc21. The minimum Gasteiger partial charge on any atom is -0.315 e. The maximum Gasteiger partial charge on any atom is 0.248 e. The standard InChI is InChI=1S/C31H30BrFN8O3/c1-5-24-17(2)11-25(31(44)38-30-20(7-6-10-33)8-9-27(32)37-30)41(24)28(43)16-40-26-15-36-23(21-13-34-19(4)35-14-21)12-22(26)29(39-40)18(3)42/h1,8-9,12-15,17,24-25H,6-7,10-11,16H2,2-4H3,(H,37,38,44)/t17-,24+,25-/m0/s1. The summed E-state index contributed by atoms with van der Waals surface area (Å²) in [6, 6.07) is 3.70. The molecule has 4 aromatic heterocycles. The zero-order valence-electron chi connectivity index (χ0n) is 24.4. The minimum atomic E-state index is -0.881. The van der Waals surface area contributed by atoms with E-state index < -0.39 is 30.6 Å². The van der Waals surface area contributed by atoms with Gasteiger partial charge in [-0.05, 0) is 65.7 Å². The summed E-state index contributed by atoms with van der Waals surface area (Å²) in [5.41, 5.74) is 2.56. The smallest absolute Gasteiger partial charge is 0.248 e. The van der Waals surface area contributed by atoms with Crippen molar-refractivity contribution in [2.24, 2.45) is 5.92 Å². The van der Waals surface area contributed by atoms with Gasteiger partial charge in [0, 0.05) is 30.3 Å². The normalized spacial score (nSPS) is 17.9. The second-order valence-electron chi connectivity index (χ2n) is 10.7. The number of anilines is 1. The predicted molar refractivity (Wildman–Crippen MR) is 165 cm³/mol. The van der Waals surface area contributed by atoms with E-state index in [4.69, 9.17) is 6.42 Å². The van der Waals surface area contributed by atoms with Crippen molar-refractivity contribution in [2.75, 3.05) is 12.0 Å². The van der Waals surface area contributed by atoms with E-state index in [1.807, 2.05) is 6.92 Å². The first-order valence-corrected chi connectivity index (χ1v) is 14.9. The Bertz CT molecular complexity index is 1790. The summed E-state index contributed by atoms with van der Waals surface area (Å²) in [5.74, 6) is 2.26. The average molecular weight is 662 g/mol. The van der Waals surface area contributed by atoms with Gasteiger partial charge in [-0.1, -0.05) is 18.9 Å². The number of amides is 2. The molecule has 13 heteroatoms. The van der Waals surface area contributed by atoms with E-state index >= 15 is 0 Å². The molecule has 1 fully saturated rings. The molecule has 226 valence electrons. The Morgan fingerprint density at radius 3 is 2.61 bits per heavy atom. The molecule has 0 unspecified atom stereocenters. The summed E-state index contributed by atoms with van der Waals surface area (Å²) >= 11 is 3.32. The number of aryl methyl sites for hydroxylation is 2. The number of halogens is 2. The van der Waals surface area contributed by atoms with Crippen LogP contribution in [0.1, 0.15) is 48.6 Å². The maximum atomic E-state index is 13.9. The van der Waals surface area contributed by atoms with Crippen LogP contribution in [0.4, 0.5) is 10.2 Å². The van der Waals surface area contributed by atoms with E-state index in [9.17, 15) is 18.8 Å². The van der Waals surface area contributed by atoms with Gasteiger partial charge in [0.2, 0.25) is 11.8 Å². The third-order valence-electron chi connectivity index (χ3n) is 7.63. The fourth-order valence-corrected chi connectivity index (χ4v) is 5.76. The number of hydrogen-bond acceptors (Lipinski definition) is 8. The van der Waals surface area contributed by atoms with E-state index in [-0.39, 0.29) is 30.4 Å². The van der Waals surface area contributed by atoms with E-state index in [0.717, 1.165) is 0 Å². The van der Waals surface area contributed by atoms with Crippen molar-refractivity contribution in [1.29, 1.82) is 0 Å². The number of fused-ring (bicyclic) bond motifs is 1. The predicted octanol–water partition coefficient (Wildman–Crippen LogP) is 4.34. The quantitative estimate of drug-likeness (QED) is 0.159. The van der Waals surface area contributed by atoms with Gasteiger partial charge in [-0.2, -0.15) is 5.10 Å². The van der Waals surface area contributed by atoms with Crippen LogP contribution < -0.4 is 5.32 Å². The molecule has 4 aromatic rings. The zero-order valence-corrected chi connectivity index (χ0v) is 26.0. The highest BCUT2D eigenvalue weighted by atomic mass is 79.9. The molecule has 0 saturated carbocycles. The van der Waals surface area contributed by atoms with Gasteiger partial charge in [-0.25, -0.2) is 15.0 Å². The molecule has 1 saturated heterocycles. The van der Waals surface area contributed by atoms with E-state index in [0.29, 0.717) is 56.8 Å². The number of ketones is 1. The van der Waals surface area contributed by atoms with E-state index in [2.05, 4.69) is 52.2 Å². The molecule has 0 aromatic carbocycles. The average Bonchev–Trinajstić information content (AvgIpc) is 3.54. The number of alkyl halides is 1. The van der Waals surface area contributed by atoms with Crippen molar-refractivity contribution in [3.05, 3.63) is 58.5 Å². The highest BCUT2D eigenvalue weighted by Crippen LogP contribution is 2.32. The van der Waals surface area contributed by atoms with Crippen LogP contribution in [-0.2, 0) is 22.6 Å². The Morgan fingerprint density at radius 2 is 1.93 bits per heavy atom. The van der Waals surface area contributed by atoms with Gasteiger partial charge in [0.15, 0.2) is 5.78 Å². The molecule has 11 nitrogen and oxygen atoms in total. The molecule has 0 radical (unpaired) electrons. The second kappa shape index (κ2) is 13.0. The first-order chi connectivity index (χ1) is 21.1. The summed E-state index contributed by atoms with van der Waals surface area (Å²) < 4.78 is 14.8. The highest BCUT2D eigenvalue weighted by molar-refractivity contribution is 9.10. The van der Waals surface area contributed by atoms with Crippen LogP contribution >= 0.6 is 15.9 Å². The van der Waals surface area contributed by atoms with Crippen LogP contribution in [0.25, 0.3) is 22.2 Å². The molecule has 5 rings (SSSR count). The van der Waals surface area contributed by atoms with Crippen LogP contribution in [-0.4, -0.2) is 71.0 Å². The third kappa shape index (κ3) is 6.21.